The molecule has 0 radical (unpaired) electrons. The number of halogens is 3. The van der Waals surface area contributed by atoms with E-state index in [1.165, 1.54) is 0 Å². The molecule has 29 heavy (non-hydrogen) atoms. The van der Waals surface area contributed by atoms with Crippen molar-refractivity contribution in [2.75, 3.05) is 18.5 Å². The molecule has 1 atom stereocenters. The van der Waals surface area contributed by atoms with Gasteiger partial charge in [0, 0.05) is 35.9 Å². The van der Waals surface area contributed by atoms with Gasteiger partial charge in [0.25, 0.3) is 0 Å². The smallest absolute Gasteiger partial charge is 0.408 e. The topological polar surface area (TPSA) is 100 Å². The number of aromatic amines is 1. The van der Waals surface area contributed by atoms with Crippen LogP contribution >= 0.6 is 0 Å². The maximum atomic E-state index is 12.9. The van der Waals surface area contributed by atoms with Gasteiger partial charge in [0.05, 0.1) is 12.0 Å². The van der Waals surface area contributed by atoms with Gasteiger partial charge >= 0.3 is 6.18 Å². The lowest BCUT2D eigenvalue weighted by molar-refractivity contribution is -0.138. The number of aromatic nitrogens is 5. The maximum Gasteiger partial charge on any atom is 0.408 e. The number of aliphatic hydroxyl groups excluding tert-OH is 1. The Kier molecular flexibility index (Phi) is 4.74. The first-order chi connectivity index (χ1) is 13.9. The second-order valence-electron chi connectivity index (χ2n) is 6.37. The molecule has 4 aromatic rings. The standard InChI is InChI=1S/C18H17F3N6O2/c1-10(18(19,20)21)24-17-25-15-14(16(26-17)29-7-6-28)12(8-23-15)11-2-3-13-22-4-5-27(13)9-11/h2-5,8-10,28H,6-7H2,1H3,(H2,23,24,25,26)/t10-/m1/s1. The molecule has 3 N–H and O–H groups in total. The van der Waals surface area contributed by atoms with E-state index in [1.807, 2.05) is 22.7 Å². The highest BCUT2D eigenvalue weighted by molar-refractivity contribution is 5.97. The SMILES string of the molecule is C[C@@H](Nc1nc(OCCO)c2c(-c3ccc4nccn4c3)c[nH]c2n1)C(F)(F)F. The summed E-state index contributed by atoms with van der Waals surface area (Å²) in [5, 5.41) is 11.8. The fourth-order valence-corrected chi connectivity index (χ4v) is 2.89. The quantitative estimate of drug-likeness (QED) is 0.455. The number of H-pyrrole nitrogens is 1. The third-order valence-corrected chi connectivity index (χ3v) is 4.36. The highest BCUT2D eigenvalue weighted by Gasteiger charge is 2.36. The summed E-state index contributed by atoms with van der Waals surface area (Å²) in [5.74, 6) is -0.156. The van der Waals surface area contributed by atoms with Gasteiger partial charge in [-0.15, -0.1) is 0 Å². The van der Waals surface area contributed by atoms with Gasteiger partial charge in [0.1, 0.15) is 23.9 Å². The molecule has 0 fully saturated rings. The third kappa shape index (κ3) is 3.68. The number of aliphatic hydroxyl groups is 1. The minimum atomic E-state index is -4.45. The Bertz CT molecular complexity index is 1150. The Labute approximate surface area is 162 Å². The van der Waals surface area contributed by atoms with Gasteiger partial charge in [-0.1, -0.05) is 0 Å². The summed E-state index contributed by atoms with van der Waals surface area (Å²) in [6, 6.07) is 1.85. The average molecular weight is 406 g/mol. The van der Waals surface area contributed by atoms with E-state index >= 15 is 0 Å². The number of imidazole rings is 1. The fraction of sp³-hybridized carbons (Fsp3) is 0.278. The largest absolute Gasteiger partial charge is 0.475 e. The van der Waals surface area contributed by atoms with Crippen LogP contribution in [0.3, 0.4) is 0 Å². The highest BCUT2D eigenvalue weighted by Crippen LogP contribution is 2.35. The lowest BCUT2D eigenvalue weighted by Gasteiger charge is -2.17. The van der Waals surface area contributed by atoms with Crippen LogP contribution in [0.25, 0.3) is 27.8 Å². The Balaban J connectivity index is 1.80. The normalized spacial score (nSPS) is 13.1. The van der Waals surface area contributed by atoms with Crippen LogP contribution in [0.4, 0.5) is 19.1 Å². The molecular formula is C18H17F3N6O2. The van der Waals surface area contributed by atoms with Crippen molar-refractivity contribution in [1.29, 1.82) is 0 Å². The second-order valence-corrected chi connectivity index (χ2v) is 6.37. The molecule has 0 aliphatic rings. The first-order valence-corrected chi connectivity index (χ1v) is 8.76. The Morgan fingerprint density at radius 1 is 1.31 bits per heavy atom. The van der Waals surface area contributed by atoms with Crippen LogP contribution in [-0.4, -0.2) is 54.9 Å². The molecule has 0 aliphatic heterocycles. The van der Waals surface area contributed by atoms with Crippen molar-refractivity contribution in [3.63, 3.8) is 0 Å². The van der Waals surface area contributed by atoms with Crippen molar-refractivity contribution in [3.8, 4) is 17.0 Å². The number of ether oxygens (including phenoxy) is 1. The monoisotopic (exact) mass is 406 g/mol. The molecule has 152 valence electrons. The average Bonchev–Trinajstić information content (AvgIpc) is 3.31. The number of nitrogens with one attached hydrogen (secondary N) is 2. The first-order valence-electron chi connectivity index (χ1n) is 8.76. The van der Waals surface area contributed by atoms with Gasteiger partial charge in [0.2, 0.25) is 11.8 Å². The summed E-state index contributed by atoms with van der Waals surface area (Å²) < 4.78 is 46.0. The van der Waals surface area contributed by atoms with Crippen LogP contribution in [0.1, 0.15) is 6.92 Å². The van der Waals surface area contributed by atoms with Gasteiger partial charge in [-0.2, -0.15) is 23.1 Å². The van der Waals surface area contributed by atoms with Gasteiger partial charge in [0.15, 0.2) is 0 Å². The maximum absolute atomic E-state index is 12.9. The fourth-order valence-electron chi connectivity index (χ4n) is 2.89. The zero-order valence-electron chi connectivity index (χ0n) is 15.2. The van der Waals surface area contributed by atoms with Crippen molar-refractivity contribution in [3.05, 3.63) is 36.9 Å². The van der Waals surface area contributed by atoms with E-state index in [-0.39, 0.29) is 25.0 Å². The molecule has 4 heterocycles. The summed E-state index contributed by atoms with van der Waals surface area (Å²) >= 11 is 0. The van der Waals surface area contributed by atoms with Crippen LogP contribution in [0.5, 0.6) is 5.88 Å². The number of fused-ring (bicyclic) bond motifs is 2. The Morgan fingerprint density at radius 2 is 2.14 bits per heavy atom. The first kappa shape index (κ1) is 19.0. The molecule has 0 spiro atoms. The molecule has 11 heteroatoms. The van der Waals surface area contributed by atoms with Crippen molar-refractivity contribution < 1.29 is 23.0 Å². The molecule has 0 unspecified atom stereocenters. The third-order valence-electron chi connectivity index (χ3n) is 4.36. The van der Waals surface area contributed by atoms with Crippen LogP contribution < -0.4 is 10.1 Å². The lowest BCUT2D eigenvalue weighted by atomic mass is 10.1. The molecule has 0 saturated carbocycles. The zero-order valence-corrected chi connectivity index (χ0v) is 15.2. The van der Waals surface area contributed by atoms with Crippen molar-refractivity contribution in [2.24, 2.45) is 0 Å². The highest BCUT2D eigenvalue weighted by atomic mass is 19.4. The van der Waals surface area contributed by atoms with Crippen LogP contribution in [0, 0.1) is 0 Å². The van der Waals surface area contributed by atoms with Crippen LogP contribution in [0.15, 0.2) is 36.9 Å². The van der Waals surface area contributed by atoms with E-state index in [2.05, 4.69) is 25.3 Å². The molecule has 0 bridgehead atoms. The van der Waals surface area contributed by atoms with Crippen LogP contribution in [0.2, 0.25) is 0 Å². The van der Waals surface area contributed by atoms with E-state index in [0.717, 1.165) is 18.1 Å². The number of nitrogens with zero attached hydrogens (tertiary/aromatic N) is 4. The Hall–Kier alpha value is -3.34. The molecule has 4 rings (SSSR count). The number of hydrogen-bond donors (Lipinski definition) is 3. The van der Waals surface area contributed by atoms with E-state index in [0.29, 0.717) is 16.6 Å². The zero-order chi connectivity index (χ0) is 20.6. The summed E-state index contributed by atoms with van der Waals surface area (Å²) in [5.41, 5.74) is 2.60. The van der Waals surface area contributed by atoms with Gasteiger partial charge in [-0.3, -0.25) is 0 Å². The summed E-state index contributed by atoms with van der Waals surface area (Å²) in [6.45, 7) is 0.641. The van der Waals surface area contributed by atoms with Gasteiger partial charge in [-0.05, 0) is 19.1 Å². The molecule has 8 nitrogen and oxygen atoms in total. The van der Waals surface area contributed by atoms with E-state index < -0.39 is 12.2 Å². The van der Waals surface area contributed by atoms with Crippen LogP contribution in [-0.2, 0) is 0 Å². The predicted octanol–water partition coefficient (Wildman–Crippen LogP) is 3.01. The molecule has 0 saturated heterocycles. The molecular weight excluding hydrogens is 389 g/mol. The molecule has 0 amide bonds. The second kappa shape index (κ2) is 7.24. The summed E-state index contributed by atoms with van der Waals surface area (Å²) in [4.78, 5) is 15.4. The number of rotatable bonds is 6. The van der Waals surface area contributed by atoms with E-state index in [4.69, 9.17) is 9.84 Å². The predicted molar refractivity (Wildman–Crippen MR) is 99.8 cm³/mol. The number of alkyl halides is 3. The number of anilines is 1. The van der Waals surface area contributed by atoms with E-state index in [1.54, 1.807) is 18.6 Å². The van der Waals surface area contributed by atoms with Gasteiger partial charge in [-0.25, -0.2) is 4.98 Å². The van der Waals surface area contributed by atoms with Gasteiger partial charge < -0.3 is 24.5 Å². The minimum absolute atomic E-state index is 0.0639. The Morgan fingerprint density at radius 3 is 2.90 bits per heavy atom. The lowest BCUT2D eigenvalue weighted by Crippen LogP contribution is -2.33. The van der Waals surface area contributed by atoms with E-state index in [9.17, 15) is 13.2 Å². The minimum Gasteiger partial charge on any atom is -0.475 e. The molecule has 0 aliphatic carbocycles. The molecule has 4 aromatic heterocycles. The van der Waals surface area contributed by atoms with Crippen molar-refractivity contribution >= 4 is 22.6 Å². The molecule has 0 aromatic carbocycles. The number of hydrogen-bond acceptors (Lipinski definition) is 6. The summed E-state index contributed by atoms with van der Waals surface area (Å²) in [7, 11) is 0. The van der Waals surface area contributed by atoms with Crippen molar-refractivity contribution in [1.82, 2.24) is 24.3 Å². The van der Waals surface area contributed by atoms with Crippen molar-refractivity contribution in [2.45, 2.75) is 19.1 Å². The summed E-state index contributed by atoms with van der Waals surface area (Å²) in [6.07, 6.45) is 2.56. The number of pyridine rings is 1.